The Morgan fingerprint density at radius 1 is 1.24 bits per heavy atom. The van der Waals surface area contributed by atoms with Gasteiger partial charge in [0.2, 0.25) is 11.8 Å². The second-order valence-corrected chi connectivity index (χ2v) is 5.03. The molecule has 1 saturated heterocycles. The third kappa shape index (κ3) is 3.08. The lowest BCUT2D eigenvalue weighted by Crippen LogP contribution is -2.42. The van der Waals surface area contributed by atoms with Crippen LogP contribution >= 0.6 is 0 Å². The van der Waals surface area contributed by atoms with E-state index in [1.807, 2.05) is 4.90 Å². The van der Waals surface area contributed by atoms with Gasteiger partial charge in [0.1, 0.15) is 0 Å². The lowest BCUT2D eigenvalue weighted by atomic mass is 9.95. The van der Waals surface area contributed by atoms with Crippen molar-refractivity contribution in [2.75, 3.05) is 13.1 Å². The zero-order valence-electron chi connectivity index (χ0n) is 10.1. The van der Waals surface area contributed by atoms with Gasteiger partial charge in [0, 0.05) is 25.4 Å². The average molecular weight is 236 g/mol. The highest BCUT2D eigenvalue weighted by Gasteiger charge is 2.26. The molecule has 17 heavy (non-hydrogen) atoms. The third-order valence-corrected chi connectivity index (χ3v) is 3.80. The van der Waals surface area contributed by atoms with Crippen LogP contribution in [0.15, 0.2) is 12.2 Å². The minimum atomic E-state index is -0.226. The second-order valence-electron chi connectivity index (χ2n) is 5.03. The molecule has 2 amide bonds. The van der Waals surface area contributed by atoms with E-state index < -0.39 is 0 Å². The Hall–Kier alpha value is -1.32. The Morgan fingerprint density at radius 3 is 2.47 bits per heavy atom. The highest BCUT2D eigenvalue weighted by molar-refractivity contribution is 5.79. The van der Waals surface area contributed by atoms with E-state index >= 15 is 0 Å². The van der Waals surface area contributed by atoms with Gasteiger partial charge < -0.3 is 10.6 Å². The molecule has 1 unspecified atom stereocenters. The molecule has 2 rings (SSSR count). The smallest absolute Gasteiger partial charge is 0.223 e. The van der Waals surface area contributed by atoms with Gasteiger partial charge in [-0.3, -0.25) is 9.59 Å². The number of hydrogen-bond acceptors (Lipinski definition) is 2. The highest BCUT2D eigenvalue weighted by atomic mass is 16.2. The van der Waals surface area contributed by atoms with E-state index in [1.54, 1.807) is 0 Å². The van der Waals surface area contributed by atoms with E-state index in [9.17, 15) is 9.59 Å². The van der Waals surface area contributed by atoms with Crippen LogP contribution in [0.2, 0.25) is 0 Å². The molecule has 0 aromatic heterocycles. The maximum absolute atomic E-state index is 12.0. The molecular weight excluding hydrogens is 216 g/mol. The van der Waals surface area contributed by atoms with Gasteiger partial charge in [-0.15, -0.1) is 0 Å². The first kappa shape index (κ1) is 12.1. The van der Waals surface area contributed by atoms with E-state index in [-0.39, 0.29) is 17.7 Å². The van der Waals surface area contributed by atoms with Gasteiger partial charge in [-0.25, -0.2) is 0 Å². The van der Waals surface area contributed by atoms with Crippen LogP contribution in [0.3, 0.4) is 0 Å². The number of carbonyl (C=O) groups is 2. The van der Waals surface area contributed by atoms with Crippen molar-refractivity contribution in [2.24, 2.45) is 17.6 Å². The number of allylic oxidation sites excluding steroid dienone is 2. The Kier molecular flexibility index (Phi) is 3.82. The Balaban J connectivity index is 1.77. The number of likely N-dealkylation sites (tertiary alicyclic amines) is 1. The van der Waals surface area contributed by atoms with Crippen LogP contribution in [0, 0.1) is 11.8 Å². The van der Waals surface area contributed by atoms with Gasteiger partial charge in [-0.1, -0.05) is 12.2 Å². The quantitative estimate of drug-likeness (QED) is 0.745. The van der Waals surface area contributed by atoms with Gasteiger partial charge in [0.05, 0.1) is 0 Å². The molecule has 0 saturated carbocycles. The van der Waals surface area contributed by atoms with Crippen molar-refractivity contribution in [2.45, 2.75) is 32.1 Å². The summed E-state index contributed by atoms with van der Waals surface area (Å²) in [6.45, 7) is 1.37. The highest BCUT2D eigenvalue weighted by Crippen LogP contribution is 2.23. The Morgan fingerprint density at radius 2 is 1.94 bits per heavy atom. The lowest BCUT2D eigenvalue weighted by Gasteiger charge is -2.31. The van der Waals surface area contributed by atoms with E-state index in [0.29, 0.717) is 25.4 Å². The van der Waals surface area contributed by atoms with Gasteiger partial charge in [0.15, 0.2) is 0 Å². The standard InChI is InChI=1S/C13H20N2O2/c14-13(17)11-5-7-15(8-6-11)12(16)9-10-3-1-2-4-10/h1,3,10-11H,2,4-9H2,(H2,14,17). The van der Waals surface area contributed by atoms with Crippen LogP contribution in [0.4, 0.5) is 0 Å². The maximum atomic E-state index is 12.0. The summed E-state index contributed by atoms with van der Waals surface area (Å²) in [5.74, 6) is 0.391. The molecule has 2 aliphatic rings. The fraction of sp³-hybridized carbons (Fsp3) is 0.692. The number of nitrogens with zero attached hydrogens (tertiary/aromatic N) is 1. The van der Waals surface area contributed by atoms with Gasteiger partial charge >= 0.3 is 0 Å². The molecule has 1 aliphatic heterocycles. The summed E-state index contributed by atoms with van der Waals surface area (Å²) < 4.78 is 0. The monoisotopic (exact) mass is 236 g/mol. The largest absolute Gasteiger partial charge is 0.369 e. The number of nitrogens with two attached hydrogens (primary N) is 1. The lowest BCUT2D eigenvalue weighted by molar-refractivity contribution is -0.135. The molecule has 0 bridgehead atoms. The van der Waals surface area contributed by atoms with Gasteiger partial charge in [0.25, 0.3) is 0 Å². The van der Waals surface area contributed by atoms with Crippen molar-refractivity contribution >= 4 is 11.8 Å². The number of amides is 2. The van der Waals surface area contributed by atoms with Crippen LogP contribution in [0.25, 0.3) is 0 Å². The summed E-state index contributed by atoms with van der Waals surface area (Å²) in [6, 6.07) is 0. The zero-order valence-corrected chi connectivity index (χ0v) is 10.1. The summed E-state index contributed by atoms with van der Waals surface area (Å²) in [4.78, 5) is 24.9. The van der Waals surface area contributed by atoms with E-state index in [1.165, 1.54) is 0 Å². The average Bonchev–Trinajstić information content (AvgIpc) is 2.82. The molecule has 0 spiro atoms. The van der Waals surface area contributed by atoms with E-state index in [2.05, 4.69) is 12.2 Å². The molecule has 4 nitrogen and oxygen atoms in total. The van der Waals surface area contributed by atoms with Gasteiger partial charge in [-0.05, 0) is 31.6 Å². The number of rotatable bonds is 3. The number of carbonyl (C=O) groups excluding carboxylic acids is 2. The second kappa shape index (κ2) is 5.34. The maximum Gasteiger partial charge on any atom is 0.223 e. The summed E-state index contributed by atoms with van der Waals surface area (Å²) in [5.41, 5.74) is 5.27. The van der Waals surface area contributed by atoms with Crippen LogP contribution < -0.4 is 5.73 Å². The minimum absolute atomic E-state index is 0.0366. The van der Waals surface area contributed by atoms with Crippen LogP contribution in [-0.2, 0) is 9.59 Å². The first-order valence-corrected chi connectivity index (χ1v) is 6.40. The number of piperidine rings is 1. The Labute approximate surface area is 102 Å². The SMILES string of the molecule is NC(=O)C1CCN(C(=O)CC2C=CCC2)CC1. The van der Waals surface area contributed by atoms with Crippen molar-refractivity contribution in [3.63, 3.8) is 0 Å². The fourth-order valence-electron chi connectivity index (χ4n) is 2.63. The van der Waals surface area contributed by atoms with Crippen LogP contribution in [0.1, 0.15) is 32.1 Å². The molecule has 4 heteroatoms. The summed E-state index contributed by atoms with van der Waals surface area (Å²) in [6.07, 6.45) is 8.57. The first-order chi connectivity index (χ1) is 8.16. The van der Waals surface area contributed by atoms with Crippen LogP contribution in [0.5, 0.6) is 0 Å². The summed E-state index contributed by atoms with van der Waals surface area (Å²) >= 11 is 0. The normalized spacial score (nSPS) is 25.2. The van der Waals surface area contributed by atoms with E-state index in [0.717, 1.165) is 25.7 Å². The summed E-state index contributed by atoms with van der Waals surface area (Å²) in [7, 11) is 0. The van der Waals surface area contributed by atoms with Crippen LogP contribution in [-0.4, -0.2) is 29.8 Å². The topological polar surface area (TPSA) is 63.4 Å². The fourth-order valence-corrected chi connectivity index (χ4v) is 2.63. The molecular formula is C13H20N2O2. The molecule has 0 aromatic carbocycles. The van der Waals surface area contributed by atoms with Crippen molar-refractivity contribution < 1.29 is 9.59 Å². The zero-order chi connectivity index (χ0) is 12.3. The van der Waals surface area contributed by atoms with E-state index in [4.69, 9.17) is 5.73 Å². The minimum Gasteiger partial charge on any atom is -0.369 e. The molecule has 1 fully saturated rings. The molecule has 1 heterocycles. The number of primary amides is 1. The van der Waals surface area contributed by atoms with Crippen molar-refractivity contribution in [1.82, 2.24) is 4.90 Å². The van der Waals surface area contributed by atoms with Crippen molar-refractivity contribution in [1.29, 1.82) is 0 Å². The molecule has 2 N–H and O–H groups in total. The molecule has 1 aliphatic carbocycles. The third-order valence-electron chi connectivity index (χ3n) is 3.80. The van der Waals surface area contributed by atoms with Gasteiger partial charge in [-0.2, -0.15) is 0 Å². The number of hydrogen-bond donors (Lipinski definition) is 1. The molecule has 0 aromatic rings. The van der Waals surface area contributed by atoms with Crippen molar-refractivity contribution in [3.8, 4) is 0 Å². The predicted octanol–water partition coefficient (Wildman–Crippen LogP) is 1.07. The summed E-state index contributed by atoms with van der Waals surface area (Å²) in [5, 5.41) is 0. The first-order valence-electron chi connectivity index (χ1n) is 6.40. The Bertz CT molecular complexity index is 330. The predicted molar refractivity (Wildman–Crippen MR) is 65.0 cm³/mol. The molecule has 0 radical (unpaired) electrons. The molecule has 94 valence electrons. The van der Waals surface area contributed by atoms with Crippen molar-refractivity contribution in [3.05, 3.63) is 12.2 Å². The molecule has 1 atom stereocenters.